The van der Waals surface area contributed by atoms with E-state index in [1.807, 2.05) is 6.20 Å². The maximum atomic E-state index is 13.1. The number of halogens is 1. The Labute approximate surface area is 141 Å². The minimum Gasteiger partial charge on any atom is -0.387 e. The summed E-state index contributed by atoms with van der Waals surface area (Å²) in [5, 5.41) is 19.0. The molecule has 0 saturated heterocycles. The molecule has 124 valence electrons. The van der Waals surface area contributed by atoms with Gasteiger partial charge in [0, 0.05) is 30.7 Å². The van der Waals surface area contributed by atoms with E-state index in [2.05, 4.69) is 15.4 Å². The molecule has 0 radical (unpaired) electrons. The fourth-order valence-corrected chi connectivity index (χ4v) is 2.93. The van der Waals surface area contributed by atoms with E-state index in [1.54, 1.807) is 29.4 Å². The predicted molar refractivity (Wildman–Crippen MR) is 88.0 cm³/mol. The molecule has 1 aromatic carbocycles. The van der Waals surface area contributed by atoms with Gasteiger partial charge in [-0.1, -0.05) is 12.1 Å². The Morgan fingerprint density at radius 3 is 3.04 bits per heavy atom. The molecule has 0 saturated carbocycles. The maximum absolute atomic E-state index is 13.1. The third-order valence-corrected chi connectivity index (χ3v) is 4.27. The minimum atomic E-state index is -0.985. The summed E-state index contributed by atoms with van der Waals surface area (Å²) < 4.78 is 14.8. The summed E-state index contributed by atoms with van der Waals surface area (Å²) in [6.45, 7) is -0.0258. The summed E-state index contributed by atoms with van der Waals surface area (Å²) in [6.07, 6.45) is 2.50. The Bertz CT molecular complexity index is 861. The van der Waals surface area contributed by atoms with E-state index in [0.29, 0.717) is 10.6 Å². The highest BCUT2D eigenvalue weighted by atomic mass is 32.1. The number of amides is 1. The first-order valence-corrected chi connectivity index (χ1v) is 8.07. The standard InChI is InChI=1S/C16H15FN4O2S/c1-21-8-11(6-19-21)16-20-13(9-24-16)15(23)18-7-14(22)10-3-2-4-12(17)5-10/h2-6,8-9,14,22H,7H2,1H3,(H,18,23). The molecule has 0 fully saturated rings. The molecule has 0 aliphatic rings. The van der Waals surface area contributed by atoms with Gasteiger partial charge in [0.2, 0.25) is 0 Å². The number of rotatable bonds is 5. The van der Waals surface area contributed by atoms with Gasteiger partial charge in [0.25, 0.3) is 5.91 Å². The van der Waals surface area contributed by atoms with Gasteiger partial charge in [-0.3, -0.25) is 9.48 Å². The summed E-state index contributed by atoms with van der Waals surface area (Å²) in [4.78, 5) is 16.4. The number of aryl methyl sites for hydroxylation is 1. The lowest BCUT2D eigenvalue weighted by Crippen LogP contribution is -2.28. The fourth-order valence-electron chi connectivity index (χ4n) is 2.15. The maximum Gasteiger partial charge on any atom is 0.270 e. The Morgan fingerprint density at radius 2 is 2.33 bits per heavy atom. The molecular formula is C16H15FN4O2S. The van der Waals surface area contributed by atoms with E-state index >= 15 is 0 Å². The lowest BCUT2D eigenvalue weighted by Gasteiger charge is -2.11. The second-order valence-corrected chi connectivity index (χ2v) is 6.08. The van der Waals surface area contributed by atoms with Crippen LogP contribution in [0.1, 0.15) is 22.2 Å². The van der Waals surface area contributed by atoms with Gasteiger partial charge >= 0.3 is 0 Å². The highest BCUT2D eigenvalue weighted by molar-refractivity contribution is 7.13. The van der Waals surface area contributed by atoms with E-state index in [0.717, 1.165) is 5.56 Å². The number of aliphatic hydroxyl groups is 1. The third kappa shape index (κ3) is 3.66. The van der Waals surface area contributed by atoms with E-state index in [4.69, 9.17) is 0 Å². The number of hydrogen-bond acceptors (Lipinski definition) is 5. The van der Waals surface area contributed by atoms with E-state index < -0.39 is 17.8 Å². The van der Waals surface area contributed by atoms with Gasteiger partial charge < -0.3 is 10.4 Å². The predicted octanol–water partition coefficient (Wildman–Crippen LogP) is 2.15. The van der Waals surface area contributed by atoms with Crippen LogP contribution in [0.5, 0.6) is 0 Å². The van der Waals surface area contributed by atoms with Crippen molar-refractivity contribution >= 4 is 17.2 Å². The molecule has 6 nitrogen and oxygen atoms in total. The summed E-state index contributed by atoms with van der Waals surface area (Å²) in [5.41, 5.74) is 1.51. The summed E-state index contributed by atoms with van der Waals surface area (Å²) >= 11 is 1.34. The van der Waals surface area contributed by atoms with Gasteiger partial charge in [0.15, 0.2) is 0 Å². The first-order valence-electron chi connectivity index (χ1n) is 7.19. The molecule has 1 unspecified atom stereocenters. The van der Waals surface area contributed by atoms with Crippen LogP contribution in [-0.2, 0) is 7.05 Å². The highest BCUT2D eigenvalue weighted by Gasteiger charge is 2.15. The van der Waals surface area contributed by atoms with Crippen molar-refractivity contribution in [2.24, 2.45) is 7.05 Å². The molecule has 0 bridgehead atoms. The quantitative estimate of drug-likeness (QED) is 0.742. The number of aromatic nitrogens is 3. The molecular weight excluding hydrogens is 331 g/mol. The summed E-state index contributed by atoms with van der Waals surface area (Å²) in [7, 11) is 1.80. The van der Waals surface area contributed by atoms with Gasteiger partial charge in [-0.15, -0.1) is 11.3 Å². The van der Waals surface area contributed by atoms with Crippen LogP contribution >= 0.6 is 11.3 Å². The average Bonchev–Trinajstić information content (AvgIpc) is 3.21. The Morgan fingerprint density at radius 1 is 1.50 bits per heavy atom. The Hall–Kier alpha value is -2.58. The van der Waals surface area contributed by atoms with E-state index in [1.165, 1.54) is 29.5 Å². The zero-order chi connectivity index (χ0) is 17.1. The Kier molecular flexibility index (Phi) is 4.68. The van der Waals surface area contributed by atoms with Crippen LogP contribution in [0.25, 0.3) is 10.6 Å². The molecule has 1 amide bonds. The van der Waals surface area contributed by atoms with Crippen molar-refractivity contribution in [3.05, 3.63) is 59.1 Å². The molecule has 0 spiro atoms. The molecule has 0 aliphatic carbocycles. The van der Waals surface area contributed by atoms with Crippen LogP contribution in [-0.4, -0.2) is 32.3 Å². The van der Waals surface area contributed by atoms with E-state index in [-0.39, 0.29) is 12.2 Å². The van der Waals surface area contributed by atoms with Crippen molar-refractivity contribution < 1.29 is 14.3 Å². The first-order chi connectivity index (χ1) is 11.5. The van der Waals surface area contributed by atoms with Crippen molar-refractivity contribution in [1.82, 2.24) is 20.1 Å². The van der Waals surface area contributed by atoms with Crippen LogP contribution in [0.15, 0.2) is 42.0 Å². The largest absolute Gasteiger partial charge is 0.387 e. The normalized spacial score (nSPS) is 12.1. The molecule has 1 atom stereocenters. The molecule has 2 N–H and O–H groups in total. The number of carbonyl (C=O) groups is 1. The Balaban J connectivity index is 1.62. The average molecular weight is 346 g/mol. The number of nitrogens with zero attached hydrogens (tertiary/aromatic N) is 3. The number of carbonyl (C=O) groups excluding carboxylic acids is 1. The zero-order valence-electron chi connectivity index (χ0n) is 12.8. The molecule has 3 rings (SSSR count). The third-order valence-electron chi connectivity index (χ3n) is 3.38. The van der Waals surface area contributed by atoms with Gasteiger partial charge in [-0.2, -0.15) is 5.10 Å². The van der Waals surface area contributed by atoms with Gasteiger partial charge in [0.1, 0.15) is 16.5 Å². The second kappa shape index (κ2) is 6.90. The van der Waals surface area contributed by atoms with Crippen LogP contribution < -0.4 is 5.32 Å². The number of thiazole rings is 1. The minimum absolute atomic E-state index is 0.0258. The molecule has 3 aromatic rings. The number of benzene rings is 1. The van der Waals surface area contributed by atoms with Crippen molar-refractivity contribution in [2.75, 3.05) is 6.54 Å². The molecule has 0 aliphatic heterocycles. The summed E-state index contributed by atoms with van der Waals surface area (Å²) in [6, 6.07) is 5.64. The lowest BCUT2D eigenvalue weighted by molar-refractivity contribution is 0.0912. The smallest absolute Gasteiger partial charge is 0.270 e. The molecule has 24 heavy (non-hydrogen) atoms. The first kappa shape index (κ1) is 16.3. The monoisotopic (exact) mass is 346 g/mol. The van der Waals surface area contributed by atoms with Crippen molar-refractivity contribution in [1.29, 1.82) is 0 Å². The lowest BCUT2D eigenvalue weighted by atomic mass is 10.1. The highest BCUT2D eigenvalue weighted by Crippen LogP contribution is 2.23. The summed E-state index contributed by atoms with van der Waals surface area (Å²) in [5.74, 6) is -0.824. The molecule has 2 aromatic heterocycles. The van der Waals surface area contributed by atoms with Crippen LogP contribution in [0.3, 0.4) is 0 Å². The molecule has 2 heterocycles. The van der Waals surface area contributed by atoms with Crippen LogP contribution in [0.4, 0.5) is 4.39 Å². The topological polar surface area (TPSA) is 80.0 Å². The van der Waals surface area contributed by atoms with Crippen molar-refractivity contribution in [3.8, 4) is 10.6 Å². The van der Waals surface area contributed by atoms with Gasteiger partial charge in [-0.25, -0.2) is 9.37 Å². The van der Waals surface area contributed by atoms with Gasteiger partial charge in [0.05, 0.1) is 12.3 Å². The van der Waals surface area contributed by atoms with Crippen molar-refractivity contribution in [3.63, 3.8) is 0 Å². The second-order valence-electron chi connectivity index (χ2n) is 5.22. The molecule has 8 heteroatoms. The van der Waals surface area contributed by atoms with Gasteiger partial charge in [-0.05, 0) is 17.7 Å². The number of hydrogen-bond donors (Lipinski definition) is 2. The van der Waals surface area contributed by atoms with E-state index in [9.17, 15) is 14.3 Å². The van der Waals surface area contributed by atoms with Crippen LogP contribution in [0, 0.1) is 5.82 Å². The zero-order valence-corrected chi connectivity index (χ0v) is 13.6. The SMILES string of the molecule is Cn1cc(-c2nc(C(=O)NCC(O)c3cccc(F)c3)cs2)cn1. The number of aliphatic hydroxyl groups excluding tert-OH is 1. The fraction of sp³-hybridized carbons (Fsp3) is 0.188. The van der Waals surface area contributed by atoms with Crippen LogP contribution in [0.2, 0.25) is 0 Å². The number of nitrogens with one attached hydrogen (secondary N) is 1. The van der Waals surface area contributed by atoms with Crippen molar-refractivity contribution in [2.45, 2.75) is 6.10 Å².